The van der Waals surface area contributed by atoms with Crippen molar-refractivity contribution in [2.24, 2.45) is 5.92 Å². The summed E-state index contributed by atoms with van der Waals surface area (Å²) >= 11 is 0. The molecular weight excluding hydrogens is 336 g/mol. The Bertz CT molecular complexity index is 718. The summed E-state index contributed by atoms with van der Waals surface area (Å²) in [4.78, 5) is 23.7. The van der Waals surface area contributed by atoms with Crippen LogP contribution in [0.1, 0.15) is 31.5 Å². The topological polar surface area (TPSA) is 121 Å². The average molecular weight is 360 g/mol. The minimum Gasteiger partial charge on any atom is -0.332 e. The summed E-state index contributed by atoms with van der Waals surface area (Å²) in [6.07, 6.45) is 2.42. The SMILES string of the molecule is CC[C@@H](C)[C@H](NC(=O)NCc1cn(Cc2ccccc2)nn1)C(=O)NO. The first-order chi connectivity index (χ1) is 12.5. The molecule has 0 saturated carbocycles. The van der Waals surface area contributed by atoms with Crippen LogP contribution >= 0.6 is 0 Å². The summed E-state index contributed by atoms with van der Waals surface area (Å²) in [5.41, 5.74) is 3.28. The second-order valence-electron chi connectivity index (χ2n) is 6.06. The molecule has 1 aromatic heterocycles. The molecule has 4 N–H and O–H groups in total. The summed E-state index contributed by atoms with van der Waals surface area (Å²) in [6, 6.07) is 8.51. The fourth-order valence-electron chi connectivity index (χ4n) is 2.40. The largest absolute Gasteiger partial charge is 0.332 e. The molecule has 0 aliphatic carbocycles. The Balaban J connectivity index is 1.86. The Hall–Kier alpha value is -2.94. The number of rotatable bonds is 8. The Morgan fingerprint density at radius 2 is 2.00 bits per heavy atom. The third-order valence-electron chi connectivity index (χ3n) is 4.10. The first-order valence-corrected chi connectivity index (χ1v) is 8.44. The van der Waals surface area contributed by atoms with Crippen molar-refractivity contribution in [2.75, 3.05) is 0 Å². The number of nitrogens with one attached hydrogen (secondary N) is 3. The smallest absolute Gasteiger partial charge is 0.315 e. The lowest BCUT2D eigenvalue weighted by molar-refractivity contribution is -0.132. The predicted octanol–water partition coefficient (Wildman–Crippen LogP) is 1.05. The number of carbonyl (C=O) groups is 2. The van der Waals surface area contributed by atoms with E-state index in [9.17, 15) is 9.59 Å². The van der Waals surface area contributed by atoms with Crippen LogP contribution < -0.4 is 16.1 Å². The minimum absolute atomic E-state index is 0.125. The molecule has 0 fully saturated rings. The van der Waals surface area contributed by atoms with Gasteiger partial charge in [-0.1, -0.05) is 55.8 Å². The molecule has 0 spiro atoms. The van der Waals surface area contributed by atoms with Gasteiger partial charge in [0.05, 0.1) is 19.3 Å². The first kappa shape index (κ1) is 19.4. The maximum Gasteiger partial charge on any atom is 0.315 e. The molecule has 9 nitrogen and oxygen atoms in total. The van der Waals surface area contributed by atoms with Crippen molar-refractivity contribution in [1.29, 1.82) is 0 Å². The van der Waals surface area contributed by atoms with Gasteiger partial charge < -0.3 is 10.6 Å². The molecule has 1 aromatic carbocycles. The van der Waals surface area contributed by atoms with Crippen LogP contribution in [0, 0.1) is 5.92 Å². The van der Waals surface area contributed by atoms with Gasteiger partial charge in [-0.3, -0.25) is 10.0 Å². The third-order valence-corrected chi connectivity index (χ3v) is 4.10. The van der Waals surface area contributed by atoms with Crippen LogP contribution in [0.3, 0.4) is 0 Å². The number of hydrogen-bond donors (Lipinski definition) is 4. The average Bonchev–Trinajstić information content (AvgIpc) is 3.11. The van der Waals surface area contributed by atoms with Gasteiger partial charge in [0.2, 0.25) is 0 Å². The Morgan fingerprint density at radius 1 is 1.27 bits per heavy atom. The van der Waals surface area contributed by atoms with Gasteiger partial charge in [-0.2, -0.15) is 0 Å². The summed E-state index contributed by atoms with van der Waals surface area (Å²) in [5, 5.41) is 22.0. The number of carbonyl (C=O) groups excluding carboxylic acids is 2. The van der Waals surface area contributed by atoms with Gasteiger partial charge >= 0.3 is 6.03 Å². The lowest BCUT2D eigenvalue weighted by Crippen LogP contribution is -2.52. The number of urea groups is 1. The Morgan fingerprint density at radius 3 is 2.65 bits per heavy atom. The van der Waals surface area contributed by atoms with Gasteiger partial charge in [0.1, 0.15) is 11.7 Å². The van der Waals surface area contributed by atoms with E-state index in [1.54, 1.807) is 16.4 Å². The van der Waals surface area contributed by atoms with Crippen LogP contribution in [0.15, 0.2) is 36.5 Å². The van der Waals surface area contributed by atoms with Gasteiger partial charge in [-0.15, -0.1) is 5.10 Å². The second kappa shape index (κ2) is 9.52. The number of aromatic nitrogens is 3. The molecular formula is C17H24N6O3. The molecule has 2 aromatic rings. The highest BCUT2D eigenvalue weighted by atomic mass is 16.5. The molecule has 1 heterocycles. The molecule has 9 heteroatoms. The normalized spacial score (nSPS) is 12.9. The second-order valence-corrected chi connectivity index (χ2v) is 6.06. The highest BCUT2D eigenvalue weighted by Gasteiger charge is 2.25. The molecule has 0 aliphatic heterocycles. The van der Waals surface area contributed by atoms with Crippen LogP contribution in [-0.2, 0) is 17.9 Å². The zero-order chi connectivity index (χ0) is 18.9. The first-order valence-electron chi connectivity index (χ1n) is 8.44. The van der Waals surface area contributed by atoms with Crippen LogP contribution in [-0.4, -0.2) is 38.2 Å². The number of nitrogens with zero attached hydrogens (tertiary/aromatic N) is 3. The van der Waals surface area contributed by atoms with Crippen molar-refractivity contribution in [3.8, 4) is 0 Å². The van der Waals surface area contributed by atoms with E-state index in [4.69, 9.17) is 5.21 Å². The van der Waals surface area contributed by atoms with E-state index in [0.29, 0.717) is 18.7 Å². The van der Waals surface area contributed by atoms with Gasteiger partial charge in [0.15, 0.2) is 0 Å². The summed E-state index contributed by atoms with van der Waals surface area (Å²) in [5.74, 6) is -0.775. The minimum atomic E-state index is -0.821. The fourth-order valence-corrected chi connectivity index (χ4v) is 2.40. The maximum atomic E-state index is 12.0. The van der Waals surface area contributed by atoms with E-state index in [0.717, 1.165) is 5.56 Å². The van der Waals surface area contributed by atoms with Crippen molar-refractivity contribution in [2.45, 2.75) is 39.4 Å². The van der Waals surface area contributed by atoms with Crippen LogP contribution in [0.25, 0.3) is 0 Å². The number of hydrogen-bond acceptors (Lipinski definition) is 5. The molecule has 140 valence electrons. The highest BCUT2D eigenvalue weighted by molar-refractivity contribution is 5.86. The molecule has 3 amide bonds. The summed E-state index contributed by atoms with van der Waals surface area (Å²) in [7, 11) is 0. The fraction of sp³-hybridized carbons (Fsp3) is 0.412. The molecule has 0 bridgehead atoms. The predicted molar refractivity (Wildman–Crippen MR) is 94.1 cm³/mol. The standard InChI is InChI=1S/C17H24N6O3/c1-3-12(2)15(16(24)21-26)19-17(25)18-9-14-11-23(22-20-14)10-13-7-5-4-6-8-13/h4-8,11-12,15,26H,3,9-10H2,1-2H3,(H,21,24)(H2,18,19,25)/t12-,15+/m1/s1. The van der Waals surface area contributed by atoms with Crippen molar-refractivity contribution >= 4 is 11.9 Å². The van der Waals surface area contributed by atoms with Crippen LogP contribution in [0.5, 0.6) is 0 Å². The number of hydroxylamine groups is 1. The quantitative estimate of drug-likeness (QED) is 0.414. The Labute approximate surface area is 151 Å². The van der Waals surface area contributed by atoms with Crippen molar-refractivity contribution in [3.63, 3.8) is 0 Å². The van der Waals surface area contributed by atoms with Gasteiger partial charge in [-0.25, -0.2) is 15.0 Å². The van der Waals surface area contributed by atoms with Gasteiger partial charge in [0.25, 0.3) is 5.91 Å². The molecule has 0 aliphatic rings. The lowest BCUT2D eigenvalue weighted by Gasteiger charge is -2.22. The monoisotopic (exact) mass is 360 g/mol. The number of benzene rings is 1. The molecule has 2 rings (SSSR count). The zero-order valence-electron chi connectivity index (χ0n) is 14.8. The van der Waals surface area contributed by atoms with E-state index in [2.05, 4.69) is 20.9 Å². The van der Waals surface area contributed by atoms with Crippen molar-refractivity contribution in [3.05, 3.63) is 47.8 Å². The van der Waals surface area contributed by atoms with Crippen molar-refractivity contribution < 1.29 is 14.8 Å². The van der Waals surface area contributed by atoms with E-state index in [-0.39, 0.29) is 12.5 Å². The number of amides is 3. The lowest BCUT2D eigenvalue weighted by atomic mass is 9.99. The van der Waals surface area contributed by atoms with Crippen molar-refractivity contribution in [1.82, 2.24) is 31.1 Å². The van der Waals surface area contributed by atoms with E-state index in [1.807, 2.05) is 44.2 Å². The molecule has 0 radical (unpaired) electrons. The molecule has 2 atom stereocenters. The van der Waals surface area contributed by atoms with Crippen LogP contribution in [0.2, 0.25) is 0 Å². The molecule has 26 heavy (non-hydrogen) atoms. The Kier molecular flexibility index (Phi) is 7.10. The van der Waals surface area contributed by atoms with E-state index < -0.39 is 18.0 Å². The van der Waals surface area contributed by atoms with Gasteiger partial charge in [-0.05, 0) is 11.5 Å². The highest BCUT2D eigenvalue weighted by Crippen LogP contribution is 2.08. The molecule has 0 unspecified atom stereocenters. The molecule has 0 saturated heterocycles. The third kappa shape index (κ3) is 5.55. The van der Waals surface area contributed by atoms with Crippen LogP contribution in [0.4, 0.5) is 4.79 Å². The summed E-state index contributed by atoms with van der Waals surface area (Å²) < 4.78 is 1.69. The zero-order valence-corrected chi connectivity index (χ0v) is 14.8. The summed E-state index contributed by atoms with van der Waals surface area (Å²) in [6.45, 7) is 4.48. The van der Waals surface area contributed by atoms with Gasteiger partial charge in [0, 0.05) is 0 Å². The maximum absolute atomic E-state index is 12.0. The van der Waals surface area contributed by atoms with E-state index in [1.165, 1.54) is 0 Å². The van der Waals surface area contributed by atoms with E-state index >= 15 is 0 Å².